The largest absolute Gasteiger partial charge is 0.396 e. The monoisotopic (exact) mass is 515 g/mol. The highest BCUT2D eigenvalue weighted by Crippen LogP contribution is 2.39. The van der Waals surface area contributed by atoms with Crippen molar-refractivity contribution < 1.29 is 28.1 Å². The molecule has 0 aliphatic carbocycles. The predicted molar refractivity (Wildman–Crippen MR) is 137 cm³/mol. The van der Waals surface area contributed by atoms with Crippen molar-refractivity contribution >= 4 is 27.5 Å². The number of rotatable bonds is 10. The summed E-state index contributed by atoms with van der Waals surface area (Å²) in [6.45, 7) is 0.0993. The number of hydrogen-bond donors (Lipinski definition) is 3. The molecule has 0 saturated carbocycles. The van der Waals surface area contributed by atoms with Crippen LogP contribution in [0.1, 0.15) is 35.5 Å². The highest BCUT2D eigenvalue weighted by molar-refractivity contribution is 7.99. The van der Waals surface area contributed by atoms with Gasteiger partial charge < -0.3 is 19.7 Å². The van der Waals surface area contributed by atoms with Crippen molar-refractivity contribution in [1.82, 2.24) is 0 Å². The lowest BCUT2D eigenvalue weighted by Crippen LogP contribution is -2.31. The van der Waals surface area contributed by atoms with Crippen molar-refractivity contribution in [3.63, 3.8) is 0 Å². The Morgan fingerprint density at radius 1 is 0.886 bits per heavy atom. The Morgan fingerprint density at radius 3 is 2.23 bits per heavy atom. The number of ether oxygens (including phenoxy) is 2. The van der Waals surface area contributed by atoms with Gasteiger partial charge in [-0.2, -0.15) is 11.8 Å². The maximum atomic E-state index is 12.6. The van der Waals surface area contributed by atoms with Gasteiger partial charge >= 0.3 is 0 Å². The molecule has 3 aromatic carbocycles. The van der Waals surface area contributed by atoms with Gasteiger partial charge in [0, 0.05) is 29.2 Å². The summed E-state index contributed by atoms with van der Waals surface area (Å²) in [5, 5.41) is 18.5. The van der Waals surface area contributed by atoms with Crippen LogP contribution in [0.15, 0.2) is 83.8 Å². The van der Waals surface area contributed by atoms with Crippen LogP contribution in [0.5, 0.6) is 0 Å². The average Bonchev–Trinajstić information content (AvgIpc) is 2.89. The van der Waals surface area contributed by atoms with Crippen LogP contribution in [0.2, 0.25) is 0 Å². The van der Waals surface area contributed by atoms with Crippen LogP contribution in [-0.4, -0.2) is 42.8 Å². The Hall–Kier alpha value is -2.40. The van der Waals surface area contributed by atoms with E-state index < -0.39 is 16.3 Å². The van der Waals surface area contributed by atoms with E-state index in [4.69, 9.17) is 14.6 Å². The van der Waals surface area contributed by atoms with Crippen molar-refractivity contribution in [3.8, 4) is 0 Å². The summed E-state index contributed by atoms with van der Waals surface area (Å²) in [5.41, 5.74) is 3.06. The van der Waals surface area contributed by atoms with Crippen molar-refractivity contribution in [2.75, 3.05) is 22.8 Å². The molecule has 1 heterocycles. The zero-order valence-corrected chi connectivity index (χ0v) is 20.8. The molecule has 4 rings (SSSR count). The standard InChI is InChI=1S/C26H29NO6S2/c28-14-15-34-18-23-16-25(20-8-6-19(17-29)7-9-20)33-26(32-23)21-10-12-22(13-11-21)27-35(30,31)24-4-2-1-3-5-24/h1-13,23,25-29H,14-18H2/t23-,25+,26+/m0/s1. The van der Waals surface area contributed by atoms with Crippen LogP contribution in [-0.2, 0) is 26.1 Å². The zero-order chi connectivity index (χ0) is 24.7. The van der Waals surface area contributed by atoms with Gasteiger partial charge in [0.05, 0.1) is 30.3 Å². The highest BCUT2D eigenvalue weighted by atomic mass is 32.2. The van der Waals surface area contributed by atoms with E-state index in [1.54, 1.807) is 66.4 Å². The van der Waals surface area contributed by atoms with E-state index in [1.807, 2.05) is 24.3 Å². The van der Waals surface area contributed by atoms with Crippen molar-refractivity contribution in [2.24, 2.45) is 0 Å². The van der Waals surface area contributed by atoms with E-state index in [0.717, 1.165) is 22.4 Å². The molecule has 1 saturated heterocycles. The fourth-order valence-corrected chi connectivity index (χ4v) is 5.68. The summed E-state index contributed by atoms with van der Waals surface area (Å²) in [6.07, 6.45) is -0.227. The molecule has 0 radical (unpaired) electrons. The Bertz CT molecular complexity index is 1170. The molecule has 0 unspecified atom stereocenters. The minimum atomic E-state index is -3.68. The van der Waals surface area contributed by atoms with Gasteiger partial charge in [0.2, 0.25) is 0 Å². The van der Waals surface area contributed by atoms with E-state index >= 15 is 0 Å². The number of sulfonamides is 1. The molecular weight excluding hydrogens is 486 g/mol. The third kappa shape index (κ3) is 6.84. The zero-order valence-electron chi connectivity index (χ0n) is 19.1. The fraction of sp³-hybridized carbons (Fsp3) is 0.308. The lowest BCUT2D eigenvalue weighted by molar-refractivity contribution is -0.245. The normalized spacial score (nSPS) is 20.5. The SMILES string of the molecule is O=S(=O)(Nc1ccc([C@@H]2O[C@H](CSCCO)C[C@H](c3ccc(CO)cc3)O2)cc1)c1ccccc1. The molecule has 3 aromatic rings. The maximum absolute atomic E-state index is 12.6. The summed E-state index contributed by atoms with van der Waals surface area (Å²) in [5.74, 6) is 1.36. The van der Waals surface area contributed by atoms with Crippen LogP contribution in [0.4, 0.5) is 5.69 Å². The van der Waals surface area contributed by atoms with Crippen molar-refractivity contribution in [2.45, 2.75) is 36.4 Å². The summed E-state index contributed by atoms with van der Waals surface area (Å²) < 4.78 is 40.3. The predicted octanol–water partition coefficient (Wildman–Crippen LogP) is 4.25. The molecule has 0 spiro atoms. The van der Waals surface area contributed by atoms with Crippen LogP contribution in [0.3, 0.4) is 0 Å². The first-order valence-electron chi connectivity index (χ1n) is 11.4. The van der Waals surface area contributed by atoms with Gasteiger partial charge in [-0.05, 0) is 35.4 Å². The minimum Gasteiger partial charge on any atom is -0.396 e. The van der Waals surface area contributed by atoms with Crippen LogP contribution in [0.25, 0.3) is 0 Å². The number of nitrogens with one attached hydrogen (secondary N) is 1. The molecule has 9 heteroatoms. The Kier molecular flexibility index (Phi) is 8.83. The first kappa shape index (κ1) is 25.7. The van der Waals surface area contributed by atoms with E-state index in [1.165, 1.54) is 0 Å². The third-order valence-corrected chi connectivity index (χ3v) is 8.12. The molecule has 1 fully saturated rings. The number of hydrogen-bond acceptors (Lipinski definition) is 7. The summed E-state index contributed by atoms with van der Waals surface area (Å²) >= 11 is 1.63. The molecule has 35 heavy (non-hydrogen) atoms. The molecule has 1 aliphatic rings. The topological polar surface area (TPSA) is 105 Å². The second-order valence-electron chi connectivity index (χ2n) is 8.19. The second kappa shape index (κ2) is 12.0. The van der Waals surface area contributed by atoms with E-state index in [0.29, 0.717) is 17.9 Å². The Labute approximate surface area is 210 Å². The summed E-state index contributed by atoms with van der Waals surface area (Å²) in [6, 6.07) is 22.9. The number of aliphatic hydroxyl groups excluding tert-OH is 2. The molecule has 1 aliphatic heterocycles. The van der Waals surface area contributed by atoms with Crippen molar-refractivity contribution in [3.05, 3.63) is 95.6 Å². The van der Waals surface area contributed by atoms with E-state index in [-0.39, 0.29) is 30.3 Å². The maximum Gasteiger partial charge on any atom is 0.261 e. The third-order valence-electron chi connectivity index (χ3n) is 5.64. The number of benzene rings is 3. The number of thioether (sulfide) groups is 1. The van der Waals surface area contributed by atoms with E-state index in [2.05, 4.69) is 4.72 Å². The number of anilines is 1. The van der Waals surface area contributed by atoms with Gasteiger partial charge in [-0.1, -0.05) is 54.6 Å². The van der Waals surface area contributed by atoms with Crippen LogP contribution < -0.4 is 4.72 Å². The summed E-state index contributed by atoms with van der Waals surface area (Å²) in [7, 11) is -3.68. The first-order chi connectivity index (χ1) is 17.0. The molecule has 0 bridgehead atoms. The fourth-order valence-electron chi connectivity index (χ4n) is 3.82. The van der Waals surface area contributed by atoms with Gasteiger partial charge in [-0.25, -0.2) is 8.42 Å². The molecule has 0 amide bonds. The quantitative estimate of drug-likeness (QED) is 0.347. The van der Waals surface area contributed by atoms with Gasteiger partial charge in [0.1, 0.15) is 0 Å². The molecule has 7 nitrogen and oxygen atoms in total. The lowest BCUT2D eigenvalue weighted by Gasteiger charge is -2.36. The van der Waals surface area contributed by atoms with Crippen LogP contribution >= 0.6 is 11.8 Å². The highest BCUT2D eigenvalue weighted by Gasteiger charge is 2.32. The minimum absolute atomic E-state index is 0.0155. The van der Waals surface area contributed by atoms with E-state index in [9.17, 15) is 13.5 Å². The molecule has 0 aromatic heterocycles. The van der Waals surface area contributed by atoms with Gasteiger partial charge in [0.25, 0.3) is 10.0 Å². The number of aliphatic hydroxyl groups is 2. The lowest BCUT2D eigenvalue weighted by atomic mass is 10.0. The Morgan fingerprint density at radius 2 is 1.57 bits per heavy atom. The van der Waals surface area contributed by atoms with Crippen molar-refractivity contribution in [1.29, 1.82) is 0 Å². The molecule has 3 atom stereocenters. The smallest absolute Gasteiger partial charge is 0.261 e. The molecule has 186 valence electrons. The van der Waals surface area contributed by atoms with Crippen LogP contribution in [0, 0.1) is 0 Å². The average molecular weight is 516 g/mol. The van der Waals surface area contributed by atoms with Gasteiger partial charge in [0.15, 0.2) is 6.29 Å². The van der Waals surface area contributed by atoms with Gasteiger partial charge in [-0.3, -0.25) is 4.72 Å². The Balaban J connectivity index is 1.50. The summed E-state index contributed by atoms with van der Waals surface area (Å²) in [4.78, 5) is 0.196. The first-order valence-corrected chi connectivity index (χ1v) is 14.0. The molecular formula is C26H29NO6S2. The second-order valence-corrected chi connectivity index (χ2v) is 11.0. The molecule has 3 N–H and O–H groups in total. The van der Waals surface area contributed by atoms with Gasteiger partial charge in [-0.15, -0.1) is 0 Å².